The zero-order valence-corrected chi connectivity index (χ0v) is 27.8. The van der Waals surface area contributed by atoms with Gasteiger partial charge in [-0.1, -0.05) is 35.9 Å². The first-order valence-corrected chi connectivity index (χ1v) is 17.1. The number of carbonyl (C=O) groups is 3. The summed E-state index contributed by atoms with van der Waals surface area (Å²) < 4.78 is 24.9. The van der Waals surface area contributed by atoms with Crippen molar-refractivity contribution in [1.29, 1.82) is 0 Å². The van der Waals surface area contributed by atoms with Crippen molar-refractivity contribution in [3.63, 3.8) is 0 Å². The van der Waals surface area contributed by atoms with E-state index in [1.165, 1.54) is 5.56 Å². The number of aryl methyl sites for hydroxylation is 1. The van der Waals surface area contributed by atoms with Gasteiger partial charge in [0.1, 0.15) is 42.0 Å². The molecule has 1 fully saturated rings. The van der Waals surface area contributed by atoms with Gasteiger partial charge in [0.05, 0.1) is 37.1 Å². The summed E-state index contributed by atoms with van der Waals surface area (Å²) >= 11 is 1.58. The van der Waals surface area contributed by atoms with Gasteiger partial charge in [-0.3, -0.25) is 14.4 Å². The highest BCUT2D eigenvalue weighted by molar-refractivity contribution is 7.22. The average Bonchev–Trinajstić information content (AvgIpc) is 3.62. The predicted octanol–water partition coefficient (Wildman–Crippen LogP) is 7.50. The quantitative estimate of drug-likeness (QED) is 0.107. The molecule has 0 spiro atoms. The first-order chi connectivity index (χ1) is 23.8. The molecule has 0 radical (unpaired) electrons. The molecule has 2 aliphatic rings. The minimum absolute atomic E-state index is 0.0671. The number of ether oxygens (including phenoxy) is 4. The van der Waals surface area contributed by atoms with E-state index in [-0.39, 0.29) is 42.8 Å². The summed E-state index contributed by atoms with van der Waals surface area (Å²) in [7, 11) is 0. The molecule has 49 heavy (non-hydrogen) atoms. The molecule has 0 saturated heterocycles. The number of fused-ring (bicyclic) bond motifs is 2. The summed E-state index contributed by atoms with van der Waals surface area (Å²) in [6.45, 7) is 3.66. The van der Waals surface area contributed by atoms with Crippen molar-refractivity contribution in [3.8, 4) is 39.2 Å². The zero-order valence-electron chi connectivity index (χ0n) is 27.0. The molecule has 1 N–H and O–H groups in total. The fraction of sp³-hybridized carbons (Fsp3) is 0.256. The van der Waals surface area contributed by atoms with Crippen LogP contribution in [-0.2, 0) is 20.9 Å². The van der Waals surface area contributed by atoms with Crippen molar-refractivity contribution < 1.29 is 38.4 Å². The van der Waals surface area contributed by atoms with Gasteiger partial charge in [-0.25, -0.2) is 0 Å². The van der Waals surface area contributed by atoms with Crippen LogP contribution in [0.3, 0.4) is 0 Å². The smallest absolute Gasteiger partial charge is 0.255 e. The Kier molecular flexibility index (Phi) is 9.32. The van der Waals surface area contributed by atoms with Crippen LogP contribution < -0.4 is 14.2 Å². The van der Waals surface area contributed by atoms with Crippen LogP contribution in [0.5, 0.6) is 28.7 Å². The lowest BCUT2D eigenvalue weighted by Gasteiger charge is -2.29. The Morgan fingerprint density at radius 3 is 2.39 bits per heavy atom. The Bertz CT molecular complexity index is 2020. The van der Waals surface area contributed by atoms with Crippen LogP contribution in [0.25, 0.3) is 20.5 Å². The molecule has 10 heteroatoms. The molecule has 1 unspecified atom stereocenters. The molecule has 5 aromatic rings. The first kappa shape index (κ1) is 32.4. The van der Waals surface area contributed by atoms with E-state index in [2.05, 4.69) is 31.2 Å². The van der Waals surface area contributed by atoms with E-state index in [1.54, 1.807) is 40.5 Å². The van der Waals surface area contributed by atoms with Crippen LogP contribution in [0, 0.1) is 6.92 Å². The van der Waals surface area contributed by atoms with Crippen molar-refractivity contribution in [3.05, 3.63) is 102 Å². The molecule has 2 heterocycles. The number of nitrogens with zero attached hydrogens (tertiary/aromatic N) is 1. The third-order valence-electron chi connectivity index (χ3n) is 8.74. The molecule has 250 valence electrons. The minimum atomic E-state index is -0.563. The van der Waals surface area contributed by atoms with E-state index in [1.807, 2.05) is 36.4 Å². The maximum Gasteiger partial charge on any atom is 0.255 e. The van der Waals surface area contributed by atoms with Gasteiger partial charge >= 0.3 is 0 Å². The molecule has 7 rings (SSSR count). The number of Topliss-reactive ketones (excluding diaryl/α,β-unsaturated/α-hetero) is 2. The summed E-state index contributed by atoms with van der Waals surface area (Å²) in [5, 5.41) is 11.0. The van der Waals surface area contributed by atoms with Crippen LogP contribution >= 0.6 is 11.3 Å². The van der Waals surface area contributed by atoms with Crippen LogP contribution in [-0.4, -0.2) is 59.9 Å². The lowest BCUT2D eigenvalue weighted by Crippen LogP contribution is -2.44. The summed E-state index contributed by atoms with van der Waals surface area (Å²) in [5.74, 6) is 2.44. The third-order valence-corrected chi connectivity index (χ3v) is 9.92. The average molecular weight is 678 g/mol. The SMILES string of the molecule is Cc1ccc(-c2sc3cc(O)ccc3c2Oc2ccc(OCCOCCOc3cccc4c3CN(C3CCC(=O)CC3=O)C4=O)cc2)cc1. The lowest BCUT2D eigenvalue weighted by molar-refractivity contribution is -0.133. The van der Waals surface area contributed by atoms with Crippen molar-refractivity contribution in [2.75, 3.05) is 26.4 Å². The Balaban J connectivity index is 0.886. The third kappa shape index (κ3) is 7.02. The van der Waals surface area contributed by atoms with E-state index in [0.29, 0.717) is 55.5 Å². The van der Waals surface area contributed by atoms with Crippen molar-refractivity contribution in [2.45, 2.75) is 38.8 Å². The summed E-state index contributed by atoms with van der Waals surface area (Å²) in [6.07, 6.45) is 0.582. The van der Waals surface area contributed by atoms with Gasteiger partial charge in [-0.15, -0.1) is 11.3 Å². The molecule has 1 atom stereocenters. The number of phenols is 1. The molecule has 1 aliphatic carbocycles. The Hall–Kier alpha value is -5.19. The van der Waals surface area contributed by atoms with Crippen molar-refractivity contribution in [2.24, 2.45) is 0 Å². The number of ketones is 2. The number of phenolic OH excluding ortho intramolecular Hbond substituents is 1. The molecular formula is C39H35NO8S. The number of thiophene rings is 1. The first-order valence-electron chi connectivity index (χ1n) is 16.2. The van der Waals surface area contributed by atoms with Crippen LogP contribution in [0.15, 0.2) is 84.9 Å². The highest BCUT2D eigenvalue weighted by atomic mass is 32.1. The predicted molar refractivity (Wildman–Crippen MR) is 186 cm³/mol. The second-order valence-electron chi connectivity index (χ2n) is 12.1. The molecule has 1 saturated carbocycles. The minimum Gasteiger partial charge on any atom is -0.508 e. The number of hydrogen-bond acceptors (Lipinski definition) is 9. The fourth-order valence-electron chi connectivity index (χ4n) is 6.21. The molecule has 1 aliphatic heterocycles. The summed E-state index contributed by atoms with van der Waals surface area (Å²) in [6, 6.07) is 25.8. The largest absolute Gasteiger partial charge is 0.508 e. The van der Waals surface area contributed by atoms with E-state index in [9.17, 15) is 19.5 Å². The van der Waals surface area contributed by atoms with E-state index in [0.717, 1.165) is 31.8 Å². The van der Waals surface area contributed by atoms with Gasteiger partial charge in [0.2, 0.25) is 0 Å². The van der Waals surface area contributed by atoms with Gasteiger partial charge in [-0.05, 0) is 73.5 Å². The van der Waals surface area contributed by atoms with Crippen LogP contribution in [0.1, 0.15) is 40.7 Å². The Morgan fingerprint density at radius 2 is 1.61 bits per heavy atom. The number of benzene rings is 4. The number of rotatable bonds is 12. The maximum absolute atomic E-state index is 13.0. The monoisotopic (exact) mass is 677 g/mol. The molecule has 9 nitrogen and oxygen atoms in total. The van der Waals surface area contributed by atoms with Gasteiger partial charge in [0, 0.05) is 27.6 Å². The standard InChI is InChI=1S/C39H35NO8S/c1-24-5-7-25(8-6-24)38-37(31-15-9-27(42)22-36(31)49-38)48-29-13-11-28(12-14-29)46-19-17-45-18-20-47-35-4-2-3-30-32(35)23-40(39(30)44)33-16-10-26(41)21-34(33)43/h2-9,11-15,22,33,42H,10,16-21,23H2,1H3. The molecule has 1 amide bonds. The highest BCUT2D eigenvalue weighted by Crippen LogP contribution is 2.47. The van der Waals surface area contributed by atoms with Gasteiger partial charge in [0.15, 0.2) is 11.5 Å². The van der Waals surface area contributed by atoms with Gasteiger partial charge in [-0.2, -0.15) is 0 Å². The molecule has 1 aromatic heterocycles. The van der Waals surface area contributed by atoms with Gasteiger partial charge < -0.3 is 29.0 Å². The van der Waals surface area contributed by atoms with E-state index < -0.39 is 6.04 Å². The Labute approximate surface area is 287 Å². The summed E-state index contributed by atoms with van der Waals surface area (Å²) in [4.78, 5) is 39.7. The maximum atomic E-state index is 13.0. The van der Waals surface area contributed by atoms with E-state index in [4.69, 9.17) is 18.9 Å². The molecular weight excluding hydrogens is 642 g/mol. The number of hydrogen-bond donors (Lipinski definition) is 1. The second-order valence-corrected chi connectivity index (χ2v) is 13.2. The summed E-state index contributed by atoms with van der Waals surface area (Å²) in [5.41, 5.74) is 3.51. The lowest BCUT2D eigenvalue weighted by atomic mass is 9.92. The number of aromatic hydroxyl groups is 1. The topological polar surface area (TPSA) is 112 Å². The zero-order chi connectivity index (χ0) is 33.9. The van der Waals surface area contributed by atoms with Crippen molar-refractivity contribution in [1.82, 2.24) is 4.90 Å². The molecule has 0 bridgehead atoms. The van der Waals surface area contributed by atoms with Crippen molar-refractivity contribution >= 4 is 38.9 Å². The fourth-order valence-corrected chi connectivity index (χ4v) is 7.38. The Morgan fingerprint density at radius 1 is 0.857 bits per heavy atom. The number of carbonyl (C=O) groups excluding carboxylic acids is 3. The highest BCUT2D eigenvalue weighted by Gasteiger charge is 2.40. The molecule has 4 aromatic carbocycles. The van der Waals surface area contributed by atoms with Gasteiger partial charge in [0.25, 0.3) is 5.91 Å². The van der Waals surface area contributed by atoms with E-state index >= 15 is 0 Å². The van der Waals surface area contributed by atoms with Crippen LogP contribution in [0.2, 0.25) is 0 Å². The second kappa shape index (κ2) is 14.1. The number of amides is 1. The van der Waals surface area contributed by atoms with Crippen LogP contribution in [0.4, 0.5) is 0 Å². The normalized spacial score (nSPS) is 15.9.